The minimum absolute atomic E-state index is 0.103. The molecular weight excluding hydrogens is 316 g/mol. The first kappa shape index (κ1) is 15.6. The second-order valence-corrected chi connectivity index (χ2v) is 5.23. The van der Waals surface area contributed by atoms with Crippen LogP contribution in [0.1, 0.15) is 22.8 Å². The molecule has 3 rings (SSSR count). The molecule has 0 fully saturated rings. The maximum absolute atomic E-state index is 13.6. The summed E-state index contributed by atoms with van der Waals surface area (Å²) < 4.78 is 51.6. The third-order valence-electron chi connectivity index (χ3n) is 3.62. The zero-order valence-electron chi connectivity index (χ0n) is 11.8. The van der Waals surface area contributed by atoms with Crippen molar-refractivity contribution in [3.8, 4) is 0 Å². The van der Waals surface area contributed by atoms with Crippen LogP contribution in [0.15, 0.2) is 23.1 Å². The van der Waals surface area contributed by atoms with E-state index in [-0.39, 0.29) is 36.5 Å². The van der Waals surface area contributed by atoms with Gasteiger partial charge in [-0.2, -0.15) is 13.2 Å². The van der Waals surface area contributed by atoms with Crippen LogP contribution in [0, 0.1) is 5.82 Å². The van der Waals surface area contributed by atoms with Gasteiger partial charge in [-0.25, -0.2) is 9.37 Å². The van der Waals surface area contributed by atoms with Gasteiger partial charge in [-0.1, -0.05) is 0 Å². The summed E-state index contributed by atoms with van der Waals surface area (Å²) in [5.41, 5.74) is -0.264. The highest BCUT2D eigenvalue weighted by molar-refractivity contribution is 5.22. The van der Waals surface area contributed by atoms with Crippen molar-refractivity contribution in [2.24, 2.45) is 0 Å². The predicted molar refractivity (Wildman–Crippen MR) is 71.9 cm³/mol. The van der Waals surface area contributed by atoms with Gasteiger partial charge < -0.3 is 4.98 Å². The van der Waals surface area contributed by atoms with Crippen LogP contribution in [0.2, 0.25) is 0 Å². The number of pyridine rings is 1. The Balaban J connectivity index is 1.84. The van der Waals surface area contributed by atoms with Gasteiger partial charge in [-0.15, -0.1) is 0 Å². The number of aromatic nitrogens is 3. The zero-order valence-corrected chi connectivity index (χ0v) is 11.8. The first-order valence-corrected chi connectivity index (χ1v) is 6.85. The van der Waals surface area contributed by atoms with Crippen molar-refractivity contribution in [3.05, 3.63) is 57.3 Å². The average molecular weight is 328 g/mol. The largest absolute Gasteiger partial charge is 0.449 e. The van der Waals surface area contributed by atoms with Gasteiger partial charge in [0.25, 0.3) is 5.56 Å². The Hall–Kier alpha value is -2.29. The van der Waals surface area contributed by atoms with Crippen LogP contribution in [0.3, 0.4) is 0 Å². The molecule has 23 heavy (non-hydrogen) atoms. The fourth-order valence-electron chi connectivity index (χ4n) is 2.50. The van der Waals surface area contributed by atoms with E-state index >= 15 is 0 Å². The fraction of sp³-hybridized carbons (Fsp3) is 0.357. The molecule has 0 unspecified atom stereocenters. The molecule has 0 amide bonds. The molecule has 9 heteroatoms. The third kappa shape index (κ3) is 3.24. The van der Waals surface area contributed by atoms with Crippen LogP contribution in [0.4, 0.5) is 17.6 Å². The lowest BCUT2D eigenvalue weighted by Gasteiger charge is -2.27. The van der Waals surface area contributed by atoms with Crippen molar-refractivity contribution >= 4 is 0 Å². The van der Waals surface area contributed by atoms with Gasteiger partial charge in [-0.05, 0) is 12.1 Å². The number of fused-ring (bicyclic) bond motifs is 1. The monoisotopic (exact) mass is 328 g/mol. The molecule has 2 aromatic rings. The molecule has 5 nitrogen and oxygen atoms in total. The number of hydrogen-bond donors (Lipinski definition) is 1. The molecule has 0 spiro atoms. The van der Waals surface area contributed by atoms with Gasteiger partial charge in [0, 0.05) is 32.3 Å². The van der Waals surface area contributed by atoms with Crippen LogP contribution in [0.5, 0.6) is 0 Å². The summed E-state index contributed by atoms with van der Waals surface area (Å²) >= 11 is 0. The lowest BCUT2D eigenvalue weighted by Crippen LogP contribution is -2.37. The molecular formula is C14H12F4N4O. The number of H-pyrrole nitrogens is 1. The van der Waals surface area contributed by atoms with Crippen molar-refractivity contribution in [2.45, 2.75) is 25.7 Å². The van der Waals surface area contributed by atoms with Crippen LogP contribution in [-0.4, -0.2) is 26.4 Å². The average Bonchev–Trinajstić information content (AvgIpc) is 2.49. The number of nitrogens with zero attached hydrogens (tertiary/aromatic N) is 3. The molecule has 122 valence electrons. The smallest absolute Gasteiger partial charge is 0.303 e. The van der Waals surface area contributed by atoms with Crippen LogP contribution in [-0.2, 0) is 25.7 Å². The number of halogens is 4. The summed E-state index contributed by atoms with van der Waals surface area (Å²) in [7, 11) is 0. The van der Waals surface area contributed by atoms with Gasteiger partial charge in [0.15, 0.2) is 0 Å². The second kappa shape index (κ2) is 5.73. The quantitative estimate of drug-likeness (QED) is 0.855. The van der Waals surface area contributed by atoms with Crippen molar-refractivity contribution in [2.75, 3.05) is 6.54 Å². The van der Waals surface area contributed by atoms with Crippen molar-refractivity contribution < 1.29 is 17.6 Å². The summed E-state index contributed by atoms with van der Waals surface area (Å²) in [6.07, 6.45) is -3.04. The molecule has 0 saturated carbocycles. The molecule has 0 bridgehead atoms. The van der Waals surface area contributed by atoms with Crippen LogP contribution >= 0.6 is 0 Å². The summed E-state index contributed by atoms with van der Waals surface area (Å²) in [4.78, 5) is 22.8. The highest BCUT2D eigenvalue weighted by Crippen LogP contribution is 2.26. The SMILES string of the molecule is O=c1[nH]c(C(F)(F)F)nc2c1CN(Cc1ncccc1F)CC2. The highest BCUT2D eigenvalue weighted by Gasteiger charge is 2.36. The van der Waals surface area contributed by atoms with E-state index in [0.29, 0.717) is 6.54 Å². The number of hydrogen-bond acceptors (Lipinski definition) is 4. The van der Waals surface area contributed by atoms with Crippen molar-refractivity contribution in [3.63, 3.8) is 0 Å². The lowest BCUT2D eigenvalue weighted by molar-refractivity contribution is -0.145. The minimum atomic E-state index is -4.69. The maximum atomic E-state index is 13.6. The van der Waals surface area contributed by atoms with E-state index in [2.05, 4.69) is 9.97 Å². The molecule has 0 aliphatic carbocycles. The van der Waals surface area contributed by atoms with E-state index in [1.165, 1.54) is 18.3 Å². The van der Waals surface area contributed by atoms with Crippen molar-refractivity contribution in [1.29, 1.82) is 0 Å². The number of nitrogens with one attached hydrogen (secondary N) is 1. The summed E-state index contributed by atoms with van der Waals surface area (Å²) in [5, 5.41) is 0. The molecule has 0 atom stereocenters. The lowest BCUT2D eigenvalue weighted by atomic mass is 10.1. The molecule has 0 saturated heterocycles. The molecule has 0 radical (unpaired) electrons. The van der Waals surface area contributed by atoms with E-state index in [1.807, 2.05) is 0 Å². The predicted octanol–water partition coefficient (Wildman–Crippen LogP) is 1.88. The summed E-state index contributed by atoms with van der Waals surface area (Å²) in [6.45, 7) is 0.648. The Morgan fingerprint density at radius 3 is 2.83 bits per heavy atom. The number of aromatic amines is 1. The summed E-state index contributed by atoms with van der Waals surface area (Å²) in [5.74, 6) is -1.75. The summed E-state index contributed by atoms with van der Waals surface area (Å²) in [6, 6.07) is 2.75. The molecule has 1 aliphatic rings. The van der Waals surface area contributed by atoms with Crippen molar-refractivity contribution in [1.82, 2.24) is 19.9 Å². The topological polar surface area (TPSA) is 61.9 Å². The van der Waals surface area contributed by atoms with Crippen LogP contribution in [0.25, 0.3) is 0 Å². The van der Waals surface area contributed by atoms with Gasteiger partial charge in [-0.3, -0.25) is 14.7 Å². The van der Waals surface area contributed by atoms with E-state index < -0.39 is 23.4 Å². The maximum Gasteiger partial charge on any atom is 0.449 e. The normalized spacial score (nSPS) is 15.5. The second-order valence-electron chi connectivity index (χ2n) is 5.23. The number of rotatable bonds is 2. The van der Waals surface area contributed by atoms with Gasteiger partial charge in [0.05, 0.1) is 17.0 Å². The number of alkyl halides is 3. The van der Waals surface area contributed by atoms with E-state index in [9.17, 15) is 22.4 Å². The minimum Gasteiger partial charge on any atom is -0.303 e. The Labute approximate surface area is 128 Å². The molecule has 0 aromatic carbocycles. The first-order valence-electron chi connectivity index (χ1n) is 6.85. The Bertz CT molecular complexity index is 787. The van der Waals surface area contributed by atoms with E-state index in [1.54, 1.807) is 9.88 Å². The Morgan fingerprint density at radius 1 is 1.35 bits per heavy atom. The molecule has 3 heterocycles. The standard InChI is InChI=1S/C14H12F4N4O/c15-9-2-1-4-19-11(9)7-22-5-3-10-8(6-22)12(23)21-13(20-10)14(16,17)18/h1-2,4H,3,5-7H2,(H,20,21,23). The highest BCUT2D eigenvalue weighted by atomic mass is 19.4. The molecule has 1 N–H and O–H groups in total. The fourth-order valence-corrected chi connectivity index (χ4v) is 2.50. The van der Waals surface area contributed by atoms with Gasteiger partial charge >= 0.3 is 6.18 Å². The molecule has 2 aromatic heterocycles. The first-order chi connectivity index (χ1) is 10.8. The Morgan fingerprint density at radius 2 is 2.13 bits per heavy atom. The van der Waals surface area contributed by atoms with E-state index in [0.717, 1.165) is 0 Å². The molecule has 1 aliphatic heterocycles. The van der Waals surface area contributed by atoms with Gasteiger partial charge in [0.1, 0.15) is 5.82 Å². The Kier molecular flexibility index (Phi) is 3.88. The zero-order chi connectivity index (χ0) is 16.6. The third-order valence-corrected chi connectivity index (χ3v) is 3.62. The van der Waals surface area contributed by atoms with Gasteiger partial charge in [0.2, 0.25) is 5.82 Å². The van der Waals surface area contributed by atoms with E-state index in [4.69, 9.17) is 0 Å². The van der Waals surface area contributed by atoms with Crippen LogP contribution < -0.4 is 5.56 Å².